The van der Waals surface area contributed by atoms with Gasteiger partial charge in [0.2, 0.25) is 5.88 Å². The van der Waals surface area contributed by atoms with E-state index in [0.29, 0.717) is 23.2 Å². The summed E-state index contributed by atoms with van der Waals surface area (Å²) in [6, 6.07) is 21.7. The predicted octanol–water partition coefficient (Wildman–Crippen LogP) is 6.86. The third kappa shape index (κ3) is 5.52. The number of hydrogen-bond acceptors (Lipinski definition) is 4. The van der Waals surface area contributed by atoms with Gasteiger partial charge in [-0.1, -0.05) is 30.3 Å². The van der Waals surface area contributed by atoms with Crippen LogP contribution in [0.2, 0.25) is 0 Å². The van der Waals surface area contributed by atoms with Crippen LogP contribution in [0.25, 0.3) is 22.3 Å². The molecule has 0 aliphatic carbocycles. The summed E-state index contributed by atoms with van der Waals surface area (Å²) in [5.74, 6) is -1.15. The van der Waals surface area contributed by atoms with Crippen LogP contribution in [-0.4, -0.2) is 27.2 Å². The van der Waals surface area contributed by atoms with Crippen LogP contribution < -0.4 is 4.74 Å². The van der Waals surface area contributed by atoms with Crippen LogP contribution in [0, 0.1) is 17.5 Å². The van der Waals surface area contributed by atoms with E-state index in [9.17, 15) is 8.78 Å². The smallest absolute Gasteiger partial charge is 0.214 e. The van der Waals surface area contributed by atoms with Crippen molar-refractivity contribution in [2.24, 2.45) is 0 Å². The second-order valence-corrected chi connectivity index (χ2v) is 9.65. The molecule has 3 aromatic carbocycles. The summed E-state index contributed by atoms with van der Waals surface area (Å²) in [5, 5.41) is 0. The lowest BCUT2D eigenvalue weighted by Crippen LogP contribution is -2.17. The van der Waals surface area contributed by atoms with E-state index in [1.165, 1.54) is 12.1 Å². The third-order valence-electron chi connectivity index (χ3n) is 6.91. The quantitative estimate of drug-likeness (QED) is 0.220. The summed E-state index contributed by atoms with van der Waals surface area (Å²) in [5.41, 5.74) is 3.96. The van der Waals surface area contributed by atoms with Gasteiger partial charge in [-0.15, -0.1) is 0 Å². The van der Waals surface area contributed by atoms with E-state index in [2.05, 4.69) is 15.6 Å². The number of ether oxygens (including phenoxy) is 2. The van der Waals surface area contributed by atoms with E-state index in [4.69, 9.17) is 14.5 Å². The Labute approximate surface area is 223 Å². The van der Waals surface area contributed by atoms with Crippen molar-refractivity contribution >= 4 is 11.0 Å². The van der Waals surface area contributed by atoms with Crippen LogP contribution in [0.5, 0.6) is 5.88 Å². The van der Waals surface area contributed by atoms with Crippen LogP contribution in [0.15, 0.2) is 78.9 Å². The molecule has 1 saturated heterocycles. The van der Waals surface area contributed by atoms with Crippen LogP contribution in [-0.2, 0) is 24.3 Å². The number of pyridine rings is 1. The fourth-order valence-electron chi connectivity index (χ4n) is 4.95. The molecule has 3 heterocycles. The number of para-hydroxylation sites is 2. The molecule has 2 aromatic heterocycles. The zero-order chi connectivity index (χ0) is 26.8. The van der Waals surface area contributed by atoms with Crippen LogP contribution in [0.3, 0.4) is 0 Å². The first-order valence-corrected chi connectivity index (χ1v) is 12.9. The Kier molecular flexibility index (Phi) is 7.02. The van der Waals surface area contributed by atoms with Gasteiger partial charge < -0.3 is 14.0 Å². The van der Waals surface area contributed by atoms with Gasteiger partial charge in [-0.2, -0.15) is 0 Å². The molecule has 0 N–H and O–H groups in total. The molecular formula is C31H26F3N3O2. The van der Waals surface area contributed by atoms with Gasteiger partial charge in [0.05, 0.1) is 29.4 Å². The summed E-state index contributed by atoms with van der Waals surface area (Å²) < 4.78 is 55.7. The Balaban J connectivity index is 1.21. The highest BCUT2D eigenvalue weighted by molar-refractivity contribution is 5.76. The lowest BCUT2D eigenvalue weighted by molar-refractivity contribution is 0.0973. The molecule has 0 bridgehead atoms. The second-order valence-electron chi connectivity index (χ2n) is 9.65. The minimum atomic E-state index is -0.942. The van der Waals surface area contributed by atoms with Gasteiger partial charge in [0, 0.05) is 24.7 Å². The van der Waals surface area contributed by atoms with Crippen LogP contribution >= 0.6 is 0 Å². The van der Waals surface area contributed by atoms with Crippen molar-refractivity contribution in [3.8, 4) is 17.1 Å². The summed E-state index contributed by atoms with van der Waals surface area (Å²) in [4.78, 5) is 9.25. The van der Waals surface area contributed by atoms with Crippen LogP contribution in [0.1, 0.15) is 29.8 Å². The molecule has 1 aliphatic heterocycles. The Morgan fingerprint density at radius 2 is 1.69 bits per heavy atom. The molecule has 1 atom stereocenters. The highest BCUT2D eigenvalue weighted by Crippen LogP contribution is 2.27. The molecule has 5 aromatic rings. The first-order chi connectivity index (χ1) is 19.0. The number of aromatic nitrogens is 3. The monoisotopic (exact) mass is 529 g/mol. The Hall–Kier alpha value is -4.17. The maximum absolute atomic E-state index is 15.3. The highest BCUT2D eigenvalue weighted by atomic mass is 19.2. The molecule has 0 radical (unpaired) electrons. The number of fused-ring (bicyclic) bond motifs is 1. The summed E-state index contributed by atoms with van der Waals surface area (Å²) >= 11 is 0. The Morgan fingerprint density at radius 1 is 0.846 bits per heavy atom. The summed E-state index contributed by atoms with van der Waals surface area (Å²) in [6.45, 7) is 1.50. The largest absolute Gasteiger partial charge is 0.473 e. The molecule has 1 fully saturated rings. The number of benzene rings is 3. The number of halogens is 3. The SMILES string of the molecule is Fc1ccc(COc2cccc(-c3ccc(Cc4nc5ccccc5n4CC4CCCO4)cc3F)n2)cc1F. The van der Waals surface area contributed by atoms with Crippen molar-refractivity contribution < 1.29 is 22.6 Å². The molecule has 0 saturated carbocycles. The lowest BCUT2D eigenvalue weighted by atomic mass is 10.1. The van der Waals surface area contributed by atoms with Gasteiger partial charge in [-0.05, 0) is 66.4 Å². The van der Waals surface area contributed by atoms with Crippen LogP contribution in [0.4, 0.5) is 13.2 Å². The number of hydrogen-bond donors (Lipinski definition) is 0. The van der Waals surface area contributed by atoms with Gasteiger partial charge in [-0.25, -0.2) is 23.1 Å². The normalized spacial score (nSPS) is 15.2. The molecule has 1 unspecified atom stereocenters. The zero-order valence-electron chi connectivity index (χ0n) is 21.1. The molecule has 0 amide bonds. The van der Waals surface area contributed by atoms with Crippen molar-refractivity contribution in [1.29, 1.82) is 0 Å². The van der Waals surface area contributed by atoms with Crippen molar-refractivity contribution in [3.63, 3.8) is 0 Å². The molecule has 0 spiro atoms. The van der Waals surface area contributed by atoms with Crippen molar-refractivity contribution in [2.75, 3.05) is 6.61 Å². The molecular weight excluding hydrogens is 503 g/mol. The number of imidazole rings is 1. The first kappa shape index (κ1) is 25.1. The maximum Gasteiger partial charge on any atom is 0.214 e. The van der Waals surface area contributed by atoms with E-state index in [0.717, 1.165) is 60.5 Å². The van der Waals surface area contributed by atoms with E-state index >= 15 is 4.39 Å². The van der Waals surface area contributed by atoms with E-state index < -0.39 is 17.5 Å². The highest BCUT2D eigenvalue weighted by Gasteiger charge is 2.20. The summed E-state index contributed by atoms with van der Waals surface area (Å²) in [7, 11) is 0. The zero-order valence-corrected chi connectivity index (χ0v) is 21.1. The standard InChI is InChI=1S/C31H26F3N3O2/c32-24-13-11-21(16-26(24)34)19-39-31-9-3-7-27(36-31)23-12-10-20(15-25(23)33)17-30-35-28-6-1-2-8-29(28)37(30)18-22-5-4-14-38-22/h1-3,6-13,15-16,22H,4-5,14,17-19H2. The van der Waals surface area contributed by atoms with Crippen molar-refractivity contribution in [3.05, 3.63) is 113 Å². The fraction of sp³-hybridized carbons (Fsp3) is 0.226. The molecule has 1 aliphatic rings. The number of nitrogens with zero attached hydrogens (tertiary/aromatic N) is 3. The minimum absolute atomic E-state index is 0.00196. The average molecular weight is 530 g/mol. The van der Waals surface area contributed by atoms with E-state index in [-0.39, 0.29) is 18.6 Å². The van der Waals surface area contributed by atoms with Gasteiger partial charge >= 0.3 is 0 Å². The fourth-order valence-corrected chi connectivity index (χ4v) is 4.95. The van der Waals surface area contributed by atoms with E-state index in [1.807, 2.05) is 24.3 Å². The van der Waals surface area contributed by atoms with Crippen molar-refractivity contribution in [2.45, 2.75) is 38.5 Å². The maximum atomic E-state index is 15.3. The third-order valence-corrected chi connectivity index (χ3v) is 6.91. The van der Waals surface area contributed by atoms with Gasteiger partial charge in [0.15, 0.2) is 11.6 Å². The molecule has 6 rings (SSSR count). The van der Waals surface area contributed by atoms with Gasteiger partial charge in [0.1, 0.15) is 18.2 Å². The summed E-state index contributed by atoms with van der Waals surface area (Å²) in [6.07, 6.45) is 2.71. The van der Waals surface area contributed by atoms with Gasteiger partial charge in [-0.3, -0.25) is 0 Å². The van der Waals surface area contributed by atoms with Gasteiger partial charge in [0.25, 0.3) is 0 Å². The topological polar surface area (TPSA) is 49.2 Å². The average Bonchev–Trinajstić information content (AvgIpc) is 3.58. The molecule has 198 valence electrons. The Bertz CT molecular complexity index is 1630. The molecule has 39 heavy (non-hydrogen) atoms. The van der Waals surface area contributed by atoms with E-state index in [1.54, 1.807) is 24.3 Å². The number of rotatable bonds is 8. The molecule has 5 nitrogen and oxygen atoms in total. The first-order valence-electron chi connectivity index (χ1n) is 12.9. The van der Waals surface area contributed by atoms with Crippen molar-refractivity contribution in [1.82, 2.24) is 14.5 Å². The molecule has 8 heteroatoms. The minimum Gasteiger partial charge on any atom is -0.473 e. The lowest BCUT2D eigenvalue weighted by Gasteiger charge is -2.14. The predicted molar refractivity (Wildman–Crippen MR) is 142 cm³/mol. The second kappa shape index (κ2) is 10.9. The Morgan fingerprint density at radius 3 is 2.51 bits per heavy atom.